The van der Waals surface area contributed by atoms with E-state index in [1.165, 1.54) is 11.3 Å². The van der Waals surface area contributed by atoms with Gasteiger partial charge < -0.3 is 4.90 Å². The zero-order valence-electron chi connectivity index (χ0n) is 17.5. The molecule has 3 heterocycles. The number of halogens is 1. The van der Waals surface area contributed by atoms with Gasteiger partial charge in [-0.05, 0) is 61.9 Å². The molecule has 3 aromatic rings. The lowest BCUT2D eigenvalue weighted by molar-refractivity contribution is -0.135. The fourth-order valence-corrected chi connectivity index (χ4v) is 5.09. The summed E-state index contributed by atoms with van der Waals surface area (Å²) in [5.74, 6) is 0.0634. The number of piperidine rings is 2. The molecule has 0 radical (unpaired) electrons. The number of anilines is 1. The smallest absolute Gasteiger partial charge is 0.251 e. The van der Waals surface area contributed by atoms with Gasteiger partial charge in [0.15, 0.2) is 0 Å². The molecule has 2 saturated heterocycles. The molecular formula is C24H25ClN4O2. The van der Waals surface area contributed by atoms with Gasteiger partial charge in [-0.1, -0.05) is 29.8 Å². The second-order valence-corrected chi connectivity index (χ2v) is 8.92. The molecule has 2 aliphatic heterocycles. The van der Waals surface area contributed by atoms with Crippen LogP contribution in [0, 0.1) is 6.92 Å². The lowest BCUT2D eigenvalue weighted by Crippen LogP contribution is -2.42. The van der Waals surface area contributed by atoms with Gasteiger partial charge in [0.1, 0.15) is 6.04 Å². The van der Waals surface area contributed by atoms with E-state index >= 15 is 0 Å². The lowest BCUT2D eigenvalue weighted by atomic mass is 9.89. The fraction of sp³-hybridized carbons (Fsp3) is 0.375. The first-order valence-corrected chi connectivity index (χ1v) is 11.2. The molecule has 1 atom stereocenters. The van der Waals surface area contributed by atoms with E-state index in [9.17, 15) is 9.59 Å². The molecule has 0 saturated carbocycles. The molecule has 6 nitrogen and oxygen atoms in total. The number of nitrogens with one attached hydrogen (secondary N) is 1. The third kappa shape index (κ3) is 3.69. The van der Waals surface area contributed by atoms with Crippen molar-refractivity contribution in [1.82, 2.24) is 15.1 Å². The van der Waals surface area contributed by atoms with Crippen molar-refractivity contribution in [3.05, 3.63) is 58.7 Å². The first-order chi connectivity index (χ1) is 15.0. The summed E-state index contributed by atoms with van der Waals surface area (Å²) in [6, 6.07) is 14.0. The molecule has 0 aliphatic carbocycles. The average Bonchev–Trinajstić information content (AvgIpc) is 3.11. The Kier molecular flexibility index (Phi) is 5.18. The molecule has 1 unspecified atom stereocenters. The van der Waals surface area contributed by atoms with Gasteiger partial charge in [0.25, 0.3) is 5.91 Å². The highest BCUT2D eigenvalue weighted by Gasteiger charge is 2.31. The number of carbonyl (C=O) groups excluding carboxylic acids is 2. The largest absolute Gasteiger partial charge is 0.371 e. The van der Waals surface area contributed by atoms with Crippen LogP contribution < -0.4 is 10.2 Å². The highest BCUT2D eigenvalue weighted by molar-refractivity contribution is 6.30. The lowest BCUT2D eigenvalue weighted by Gasteiger charge is -2.34. The molecule has 5 rings (SSSR count). The summed E-state index contributed by atoms with van der Waals surface area (Å²) >= 11 is 6.04. The van der Waals surface area contributed by atoms with Gasteiger partial charge in [0.2, 0.25) is 5.91 Å². The highest BCUT2D eigenvalue weighted by Crippen LogP contribution is 2.36. The first-order valence-electron chi connectivity index (χ1n) is 10.8. The molecule has 31 heavy (non-hydrogen) atoms. The molecule has 2 aromatic carbocycles. The second kappa shape index (κ2) is 8.00. The van der Waals surface area contributed by atoms with Gasteiger partial charge >= 0.3 is 0 Å². The zero-order valence-corrected chi connectivity index (χ0v) is 18.2. The van der Waals surface area contributed by atoms with Crippen LogP contribution in [0.15, 0.2) is 42.5 Å². The molecule has 2 amide bonds. The van der Waals surface area contributed by atoms with E-state index in [2.05, 4.69) is 28.4 Å². The van der Waals surface area contributed by atoms with Gasteiger partial charge in [-0.25, -0.2) is 0 Å². The van der Waals surface area contributed by atoms with Gasteiger partial charge in [-0.3, -0.25) is 19.6 Å². The van der Waals surface area contributed by atoms with Gasteiger partial charge in [-0.15, -0.1) is 0 Å². The minimum atomic E-state index is -0.445. The van der Waals surface area contributed by atoms with Crippen LogP contribution in [0.4, 0.5) is 5.69 Å². The summed E-state index contributed by atoms with van der Waals surface area (Å²) in [5.41, 5.74) is 4.38. The number of rotatable bonds is 3. The van der Waals surface area contributed by atoms with Crippen LogP contribution in [0.1, 0.15) is 48.9 Å². The third-order valence-electron chi connectivity index (χ3n) is 6.57. The summed E-state index contributed by atoms with van der Waals surface area (Å²) in [6.07, 6.45) is 2.99. The second-order valence-electron chi connectivity index (χ2n) is 8.48. The van der Waals surface area contributed by atoms with Gasteiger partial charge in [-0.2, -0.15) is 5.10 Å². The van der Waals surface area contributed by atoms with Crippen molar-refractivity contribution in [3.8, 4) is 0 Å². The van der Waals surface area contributed by atoms with Gasteiger partial charge in [0.05, 0.1) is 11.2 Å². The number of imide groups is 1. The maximum atomic E-state index is 12.4. The Labute approximate surface area is 186 Å². The Bertz CT molecular complexity index is 1150. The predicted octanol–water partition coefficient (Wildman–Crippen LogP) is 4.36. The Balaban J connectivity index is 1.41. The average molecular weight is 437 g/mol. The number of amides is 2. The summed E-state index contributed by atoms with van der Waals surface area (Å²) < 4.78 is 1.80. The third-order valence-corrected chi connectivity index (χ3v) is 6.82. The standard InChI is InChI=1S/C24H25ClN4O2/c1-15-23-19(28-13-11-17(12-14-28)16-5-7-18(25)8-6-16)3-2-4-20(23)29(27-15)21-9-10-22(30)26-24(21)31/h2-8,17,21H,9-14H2,1H3,(H,26,30,31). The monoisotopic (exact) mass is 436 g/mol. The van der Waals surface area contributed by atoms with Crippen molar-refractivity contribution in [2.24, 2.45) is 0 Å². The molecule has 7 heteroatoms. The van der Waals surface area contributed by atoms with E-state index in [0.717, 1.165) is 47.6 Å². The van der Waals surface area contributed by atoms with E-state index in [4.69, 9.17) is 16.7 Å². The Morgan fingerprint density at radius 2 is 1.77 bits per heavy atom. The number of nitrogens with zero attached hydrogens (tertiary/aromatic N) is 3. The minimum absolute atomic E-state index is 0.210. The van der Waals surface area contributed by atoms with Crippen LogP contribution in [0.25, 0.3) is 10.9 Å². The van der Waals surface area contributed by atoms with Crippen molar-refractivity contribution in [2.75, 3.05) is 18.0 Å². The van der Waals surface area contributed by atoms with Crippen LogP contribution in [-0.4, -0.2) is 34.7 Å². The number of hydrogen-bond acceptors (Lipinski definition) is 4. The maximum Gasteiger partial charge on any atom is 0.251 e. The van der Waals surface area contributed by atoms with Crippen LogP contribution >= 0.6 is 11.6 Å². The number of hydrogen-bond donors (Lipinski definition) is 1. The maximum absolute atomic E-state index is 12.4. The Morgan fingerprint density at radius 1 is 1.03 bits per heavy atom. The van der Waals surface area contributed by atoms with Crippen LogP contribution in [0.2, 0.25) is 5.02 Å². The van der Waals surface area contributed by atoms with E-state index in [-0.39, 0.29) is 11.8 Å². The van der Waals surface area contributed by atoms with E-state index < -0.39 is 6.04 Å². The molecule has 0 spiro atoms. The molecule has 160 valence electrons. The van der Waals surface area contributed by atoms with Crippen LogP contribution in [0.3, 0.4) is 0 Å². The molecule has 0 bridgehead atoms. The van der Waals surface area contributed by atoms with Crippen LogP contribution in [-0.2, 0) is 9.59 Å². The van der Waals surface area contributed by atoms with Crippen molar-refractivity contribution in [2.45, 2.75) is 44.6 Å². The molecule has 2 fully saturated rings. The number of fused-ring (bicyclic) bond motifs is 1. The minimum Gasteiger partial charge on any atom is -0.371 e. The number of carbonyl (C=O) groups is 2. The van der Waals surface area contributed by atoms with Crippen molar-refractivity contribution < 1.29 is 9.59 Å². The van der Waals surface area contributed by atoms with E-state index in [1.807, 2.05) is 31.2 Å². The summed E-state index contributed by atoms with van der Waals surface area (Å²) in [5, 5.41) is 9.04. The normalized spacial score (nSPS) is 20.3. The summed E-state index contributed by atoms with van der Waals surface area (Å²) in [4.78, 5) is 26.4. The van der Waals surface area contributed by atoms with Gasteiger partial charge in [0, 0.05) is 35.6 Å². The molecule has 1 aromatic heterocycles. The van der Waals surface area contributed by atoms with Crippen LogP contribution in [0.5, 0.6) is 0 Å². The summed E-state index contributed by atoms with van der Waals surface area (Å²) in [7, 11) is 0. The summed E-state index contributed by atoms with van der Waals surface area (Å²) in [6.45, 7) is 3.93. The zero-order chi connectivity index (χ0) is 21.5. The van der Waals surface area contributed by atoms with Crippen molar-refractivity contribution >= 4 is 40.0 Å². The Morgan fingerprint density at radius 3 is 2.48 bits per heavy atom. The van der Waals surface area contributed by atoms with E-state index in [0.29, 0.717) is 18.8 Å². The van der Waals surface area contributed by atoms with Crippen molar-refractivity contribution in [1.29, 1.82) is 0 Å². The molecular weight excluding hydrogens is 412 g/mol. The number of aryl methyl sites for hydroxylation is 1. The molecule has 1 N–H and O–H groups in total. The fourth-order valence-electron chi connectivity index (χ4n) is 4.96. The number of aromatic nitrogens is 2. The topological polar surface area (TPSA) is 67.2 Å². The quantitative estimate of drug-likeness (QED) is 0.619. The SMILES string of the molecule is Cc1nn(C2CCC(=O)NC2=O)c2cccc(N3CCC(c4ccc(Cl)cc4)CC3)c12. The predicted molar refractivity (Wildman–Crippen MR) is 122 cm³/mol. The Hall–Kier alpha value is -2.86. The van der Waals surface area contributed by atoms with Crippen molar-refractivity contribution in [3.63, 3.8) is 0 Å². The van der Waals surface area contributed by atoms with E-state index in [1.54, 1.807) is 4.68 Å². The first kappa shape index (κ1) is 20.1. The molecule has 2 aliphatic rings. The number of benzene rings is 2. The highest BCUT2D eigenvalue weighted by atomic mass is 35.5.